The van der Waals surface area contributed by atoms with Crippen molar-refractivity contribution in [2.24, 2.45) is 5.73 Å². The Morgan fingerprint density at radius 2 is 1.49 bits per heavy atom. The first-order chi connectivity index (χ1) is 19.7. The SMILES string of the molecule is NC(=O)c1cccc(CN2CCN(c3ccc(NC(=O)c4ccccc4-c4ccc(C(F)(F)F)cc4)cc3)CC2)c1. The number of alkyl halides is 3. The van der Waals surface area contributed by atoms with Crippen molar-refractivity contribution in [1.82, 2.24) is 4.90 Å². The van der Waals surface area contributed by atoms with Crippen LogP contribution >= 0.6 is 0 Å². The molecule has 0 spiro atoms. The third kappa shape index (κ3) is 6.75. The lowest BCUT2D eigenvalue weighted by molar-refractivity contribution is -0.137. The molecule has 6 nitrogen and oxygen atoms in total. The fraction of sp³-hybridized carbons (Fsp3) is 0.188. The van der Waals surface area contributed by atoms with E-state index in [1.807, 2.05) is 42.5 Å². The minimum absolute atomic E-state index is 0.345. The second kappa shape index (κ2) is 11.9. The number of rotatable bonds is 7. The minimum Gasteiger partial charge on any atom is -0.369 e. The summed E-state index contributed by atoms with van der Waals surface area (Å²) >= 11 is 0. The largest absolute Gasteiger partial charge is 0.416 e. The number of benzene rings is 4. The zero-order valence-electron chi connectivity index (χ0n) is 22.2. The minimum atomic E-state index is -4.42. The first kappa shape index (κ1) is 27.9. The average Bonchev–Trinajstić information content (AvgIpc) is 2.98. The van der Waals surface area contributed by atoms with Crippen LogP contribution < -0.4 is 16.0 Å². The van der Waals surface area contributed by atoms with Gasteiger partial charge in [-0.25, -0.2) is 0 Å². The number of carbonyl (C=O) groups is 2. The predicted molar refractivity (Wildman–Crippen MR) is 154 cm³/mol. The molecule has 1 aliphatic heterocycles. The molecule has 0 radical (unpaired) electrons. The summed E-state index contributed by atoms with van der Waals surface area (Å²) in [5.74, 6) is -0.776. The van der Waals surface area contributed by atoms with E-state index in [2.05, 4.69) is 15.1 Å². The lowest BCUT2D eigenvalue weighted by Gasteiger charge is -2.36. The molecule has 1 aliphatic rings. The monoisotopic (exact) mass is 558 g/mol. The van der Waals surface area contributed by atoms with Crippen LogP contribution in [0.4, 0.5) is 24.5 Å². The molecule has 41 heavy (non-hydrogen) atoms. The summed E-state index contributed by atoms with van der Waals surface area (Å²) in [6.45, 7) is 4.14. The number of nitrogens with two attached hydrogens (primary N) is 1. The molecule has 4 aromatic rings. The Bertz CT molecular complexity index is 1530. The van der Waals surface area contributed by atoms with Gasteiger partial charge in [-0.2, -0.15) is 13.2 Å². The van der Waals surface area contributed by atoms with Crippen LogP contribution in [0.5, 0.6) is 0 Å². The number of piperazine rings is 1. The molecule has 0 bridgehead atoms. The number of nitrogens with one attached hydrogen (secondary N) is 1. The summed E-state index contributed by atoms with van der Waals surface area (Å²) in [4.78, 5) is 29.2. The van der Waals surface area contributed by atoms with Gasteiger partial charge in [0.05, 0.1) is 5.56 Å². The molecule has 210 valence electrons. The third-order valence-electron chi connectivity index (χ3n) is 7.18. The molecule has 9 heteroatoms. The van der Waals surface area contributed by atoms with Gasteiger partial charge in [0.15, 0.2) is 0 Å². The van der Waals surface area contributed by atoms with Crippen molar-refractivity contribution < 1.29 is 22.8 Å². The van der Waals surface area contributed by atoms with Crippen LogP contribution in [0.1, 0.15) is 31.8 Å². The lowest BCUT2D eigenvalue weighted by atomic mass is 9.98. The lowest BCUT2D eigenvalue weighted by Crippen LogP contribution is -2.45. The molecule has 1 fully saturated rings. The topological polar surface area (TPSA) is 78.7 Å². The van der Waals surface area contributed by atoms with E-state index in [4.69, 9.17) is 5.73 Å². The van der Waals surface area contributed by atoms with Crippen molar-refractivity contribution >= 4 is 23.2 Å². The van der Waals surface area contributed by atoms with Crippen LogP contribution in [-0.4, -0.2) is 42.9 Å². The van der Waals surface area contributed by atoms with E-state index in [-0.39, 0.29) is 5.91 Å². The van der Waals surface area contributed by atoms with Crippen LogP contribution in [-0.2, 0) is 12.7 Å². The van der Waals surface area contributed by atoms with E-state index in [1.165, 1.54) is 12.1 Å². The van der Waals surface area contributed by atoms with Gasteiger partial charge in [0, 0.05) is 55.2 Å². The number of anilines is 2. The van der Waals surface area contributed by atoms with Gasteiger partial charge in [-0.05, 0) is 71.3 Å². The summed E-state index contributed by atoms with van der Waals surface area (Å²) in [6, 6.07) is 26.6. The molecule has 4 aromatic carbocycles. The molecule has 2 amide bonds. The normalized spacial score (nSPS) is 14.1. The Labute approximate surface area is 236 Å². The number of halogens is 3. The molecule has 1 saturated heterocycles. The first-order valence-corrected chi connectivity index (χ1v) is 13.2. The van der Waals surface area contributed by atoms with Crippen molar-refractivity contribution in [3.63, 3.8) is 0 Å². The highest BCUT2D eigenvalue weighted by molar-refractivity contribution is 6.08. The number of carbonyl (C=O) groups excluding carboxylic acids is 2. The predicted octanol–water partition coefficient (Wildman–Crippen LogP) is 6.05. The van der Waals surface area contributed by atoms with E-state index < -0.39 is 17.6 Å². The van der Waals surface area contributed by atoms with Crippen LogP contribution in [0.3, 0.4) is 0 Å². The smallest absolute Gasteiger partial charge is 0.369 e. The fourth-order valence-corrected chi connectivity index (χ4v) is 4.97. The van der Waals surface area contributed by atoms with Crippen LogP contribution in [0, 0.1) is 0 Å². The van der Waals surface area contributed by atoms with E-state index >= 15 is 0 Å². The summed E-state index contributed by atoms with van der Waals surface area (Å²) < 4.78 is 38.9. The standard InChI is InChI=1S/C32H29F3N4O2/c33-32(34,35)25-10-8-23(9-11-25)28-6-1-2-7-29(28)31(41)37-26-12-14-27(15-13-26)39-18-16-38(17-19-39)21-22-4-3-5-24(20-22)30(36)40/h1-15,20H,16-19,21H2,(H2,36,40)(H,37,41). The maximum atomic E-state index is 13.1. The quantitative estimate of drug-likeness (QED) is 0.290. The Kier molecular flexibility index (Phi) is 8.07. The van der Waals surface area contributed by atoms with Gasteiger partial charge < -0.3 is 16.0 Å². The average molecular weight is 559 g/mol. The second-order valence-electron chi connectivity index (χ2n) is 9.95. The summed E-state index contributed by atoms with van der Waals surface area (Å²) in [5, 5.41) is 2.90. The molecule has 3 N–H and O–H groups in total. The number of primary amides is 1. The maximum Gasteiger partial charge on any atom is 0.416 e. The number of amides is 2. The number of hydrogen-bond donors (Lipinski definition) is 2. The molecule has 1 heterocycles. The van der Waals surface area contributed by atoms with Gasteiger partial charge in [-0.1, -0.05) is 42.5 Å². The van der Waals surface area contributed by atoms with Crippen molar-refractivity contribution in [3.05, 3.63) is 119 Å². The first-order valence-electron chi connectivity index (χ1n) is 13.2. The van der Waals surface area contributed by atoms with E-state index in [1.54, 1.807) is 30.3 Å². The summed E-state index contributed by atoms with van der Waals surface area (Å²) in [6.07, 6.45) is -4.42. The Morgan fingerprint density at radius 1 is 0.805 bits per heavy atom. The van der Waals surface area contributed by atoms with Crippen molar-refractivity contribution in [2.75, 3.05) is 36.4 Å². The molecular weight excluding hydrogens is 529 g/mol. The molecule has 0 saturated carbocycles. The fourth-order valence-electron chi connectivity index (χ4n) is 4.97. The molecule has 0 aliphatic carbocycles. The molecule has 5 rings (SSSR count). The highest BCUT2D eigenvalue weighted by Crippen LogP contribution is 2.32. The highest BCUT2D eigenvalue weighted by atomic mass is 19.4. The van der Waals surface area contributed by atoms with E-state index in [9.17, 15) is 22.8 Å². The van der Waals surface area contributed by atoms with Gasteiger partial charge in [0.2, 0.25) is 5.91 Å². The van der Waals surface area contributed by atoms with Crippen molar-refractivity contribution in [2.45, 2.75) is 12.7 Å². The van der Waals surface area contributed by atoms with Crippen LogP contribution in [0.15, 0.2) is 97.1 Å². The van der Waals surface area contributed by atoms with E-state index in [0.29, 0.717) is 27.9 Å². The van der Waals surface area contributed by atoms with Gasteiger partial charge >= 0.3 is 6.18 Å². The molecular formula is C32H29F3N4O2. The summed E-state index contributed by atoms with van der Waals surface area (Å²) in [5.41, 5.74) is 9.33. The number of hydrogen-bond acceptors (Lipinski definition) is 4. The van der Waals surface area contributed by atoms with Crippen LogP contribution in [0.2, 0.25) is 0 Å². The highest BCUT2D eigenvalue weighted by Gasteiger charge is 2.30. The van der Waals surface area contributed by atoms with Gasteiger partial charge in [0.25, 0.3) is 5.91 Å². The molecule has 0 aromatic heterocycles. The molecule has 0 atom stereocenters. The van der Waals surface area contributed by atoms with Crippen molar-refractivity contribution in [3.8, 4) is 11.1 Å². The zero-order valence-corrected chi connectivity index (χ0v) is 22.2. The molecule has 0 unspecified atom stereocenters. The summed E-state index contributed by atoms with van der Waals surface area (Å²) in [7, 11) is 0. The van der Waals surface area contributed by atoms with E-state index in [0.717, 1.165) is 56.1 Å². The second-order valence-corrected chi connectivity index (χ2v) is 9.95. The maximum absolute atomic E-state index is 13.1. The van der Waals surface area contributed by atoms with Crippen LogP contribution in [0.25, 0.3) is 11.1 Å². The third-order valence-corrected chi connectivity index (χ3v) is 7.18. The zero-order chi connectivity index (χ0) is 29.0. The van der Waals surface area contributed by atoms with Gasteiger partial charge in [-0.15, -0.1) is 0 Å². The van der Waals surface area contributed by atoms with Gasteiger partial charge in [0.1, 0.15) is 0 Å². The Morgan fingerprint density at radius 3 is 2.15 bits per heavy atom. The number of nitrogens with zero attached hydrogens (tertiary/aromatic N) is 2. The Hall–Kier alpha value is -4.63. The Balaban J connectivity index is 1.19. The van der Waals surface area contributed by atoms with Crippen molar-refractivity contribution in [1.29, 1.82) is 0 Å². The van der Waals surface area contributed by atoms with Gasteiger partial charge in [-0.3, -0.25) is 14.5 Å².